The summed E-state index contributed by atoms with van der Waals surface area (Å²) in [7, 11) is 3.17. The largest absolute Gasteiger partial charge is 0.497 e. The van der Waals surface area contributed by atoms with E-state index < -0.39 is 5.60 Å². The molecule has 2 aromatic carbocycles. The Morgan fingerprint density at radius 1 is 0.880 bits per heavy atom. The molecule has 3 aromatic rings. The van der Waals surface area contributed by atoms with E-state index in [0.717, 1.165) is 0 Å². The average molecular weight is 356 g/mol. The highest BCUT2D eigenvalue weighted by Crippen LogP contribution is 2.41. The first kappa shape index (κ1) is 17.3. The number of hydrogen-bond acceptors (Lipinski definition) is 4. The van der Waals surface area contributed by atoms with E-state index in [4.69, 9.17) is 21.1 Å². The maximum absolute atomic E-state index is 11.8. The monoisotopic (exact) mass is 355 g/mol. The van der Waals surface area contributed by atoms with Crippen LogP contribution in [-0.2, 0) is 5.60 Å². The first-order valence-corrected chi connectivity index (χ1v) is 8.10. The van der Waals surface area contributed by atoms with Gasteiger partial charge in [-0.25, -0.2) is 4.98 Å². The molecule has 0 atom stereocenters. The van der Waals surface area contributed by atoms with Gasteiger partial charge in [-0.3, -0.25) is 0 Å². The predicted molar refractivity (Wildman–Crippen MR) is 97.3 cm³/mol. The smallest absolute Gasteiger partial charge is 0.143 e. The standard InChI is InChI=1S/C20H18ClNO3/c1-24-16-8-3-6-14(12-16)20(23,18-10-5-11-22-19(18)21)15-7-4-9-17(13-15)25-2/h3-13,23H,1-2H3. The van der Waals surface area contributed by atoms with Crippen LogP contribution in [0.3, 0.4) is 0 Å². The van der Waals surface area contributed by atoms with E-state index in [1.165, 1.54) is 0 Å². The minimum atomic E-state index is -1.51. The van der Waals surface area contributed by atoms with Gasteiger partial charge in [0.2, 0.25) is 0 Å². The van der Waals surface area contributed by atoms with Gasteiger partial charge in [0.25, 0.3) is 0 Å². The van der Waals surface area contributed by atoms with E-state index >= 15 is 0 Å². The lowest BCUT2D eigenvalue weighted by atomic mass is 9.81. The third kappa shape index (κ3) is 3.18. The highest BCUT2D eigenvalue weighted by molar-refractivity contribution is 6.30. The molecular formula is C20H18ClNO3. The lowest BCUT2D eigenvalue weighted by Crippen LogP contribution is -2.29. The van der Waals surface area contributed by atoms with Crippen molar-refractivity contribution in [2.45, 2.75) is 5.60 Å². The van der Waals surface area contributed by atoms with Crippen molar-refractivity contribution in [1.82, 2.24) is 4.98 Å². The third-order valence-electron chi connectivity index (χ3n) is 4.12. The quantitative estimate of drug-likeness (QED) is 0.702. The summed E-state index contributed by atoms with van der Waals surface area (Å²) in [6, 6.07) is 18.0. The van der Waals surface area contributed by atoms with Crippen molar-refractivity contribution in [3.63, 3.8) is 0 Å². The van der Waals surface area contributed by atoms with Crippen LogP contribution in [0, 0.1) is 0 Å². The number of benzene rings is 2. The first-order chi connectivity index (χ1) is 12.1. The molecule has 0 amide bonds. The number of nitrogens with zero attached hydrogens (tertiary/aromatic N) is 1. The van der Waals surface area contributed by atoms with Crippen LogP contribution in [0.15, 0.2) is 66.9 Å². The van der Waals surface area contributed by atoms with Gasteiger partial charge in [-0.2, -0.15) is 0 Å². The topological polar surface area (TPSA) is 51.6 Å². The van der Waals surface area contributed by atoms with Crippen LogP contribution in [0.25, 0.3) is 0 Å². The first-order valence-electron chi connectivity index (χ1n) is 7.72. The van der Waals surface area contributed by atoms with E-state index in [1.54, 1.807) is 44.7 Å². The normalized spacial score (nSPS) is 11.2. The summed E-state index contributed by atoms with van der Waals surface area (Å²) < 4.78 is 10.6. The molecule has 5 heteroatoms. The molecule has 0 aliphatic carbocycles. The van der Waals surface area contributed by atoms with Crippen molar-refractivity contribution in [3.05, 3.63) is 88.7 Å². The van der Waals surface area contributed by atoms with Crippen molar-refractivity contribution in [1.29, 1.82) is 0 Å². The Morgan fingerprint density at radius 2 is 1.44 bits per heavy atom. The van der Waals surface area contributed by atoms with Crippen LogP contribution in [0.2, 0.25) is 5.15 Å². The summed E-state index contributed by atoms with van der Waals surface area (Å²) in [6.45, 7) is 0. The Balaban J connectivity index is 2.29. The van der Waals surface area contributed by atoms with Crippen LogP contribution in [0.5, 0.6) is 11.5 Å². The summed E-state index contributed by atoms with van der Waals surface area (Å²) in [5.74, 6) is 1.28. The number of aliphatic hydroxyl groups is 1. The predicted octanol–water partition coefficient (Wildman–Crippen LogP) is 4.04. The molecule has 3 rings (SSSR count). The van der Waals surface area contributed by atoms with E-state index in [9.17, 15) is 5.11 Å². The van der Waals surface area contributed by atoms with Crippen LogP contribution >= 0.6 is 11.6 Å². The summed E-state index contributed by atoms with van der Waals surface area (Å²) in [6.07, 6.45) is 1.59. The van der Waals surface area contributed by atoms with Gasteiger partial charge in [0, 0.05) is 11.8 Å². The number of methoxy groups -OCH3 is 2. The summed E-state index contributed by atoms with van der Waals surface area (Å²) in [5, 5.41) is 12.0. The van der Waals surface area contributed by atoms with Gasteiger partial charge in [0.15, 0.2) is 0 Å². The van der Waals surface area contributed by atoms with Crippen LogP contribution in [0.4, 0.5) is 0 Å². The molecule has 0 aliphatic rings. The van der Waals surface area contributed by atoms with Gasteiger partial charge in [-0.1, -0.05) is 41.9 Å². The number of pyridine rings is 1. The second kappa shape index (κ2) is 7.13. The van der Waals surface area contributed by atoms with E-state index in [2.05, 4.69) is 4.98 Å². The highest BCUT2D eigenvalue weighted by atomic mass is 35.5. The zero-order valence-corrected chi connectivity index (χ0v) is 14.7. The van der Waals surface area contributed by atoms with E-state index in [-0.39, 0.29) is 5.15 Å². The highest BCUT2D eigenvalue weighted by Gasteiger charge is 2.36. The van der Waals surface area contributed by atoms with Crippen LogP contribution < -0.4 is 9.47 Å². The van der Waals surface area contributed by atoms with Crippen molar-refractivity contribution < 1.29 is 14.6 Å². The summed E-state index contributed by atoms with van der Waals surface area (Å²) >= 11 is 6.32. The van der Waals surface area contributed by atoms with Crippen molar-refractivity contribution in [2.75, 3.05) is 14.2 Å². The number of ether oxygens (including phenoxy) is 2. The van der Waals surface area contributed by atoms with E-state index in [1.807, 2.05) is 36.4 Å². The lowest BCUT2D eigenvalue weighted by molar-refractivity contribution is 0.125. The number of halogens is 1. The molecule has 0 saturated carbocycles. The fraction of sp³-hybridized carbons (Fsp3) is 0.150. The molecule has 1 heterocycles. The Labute approximate surface area is 151 Å². The maximum atomic E-state index is 11.8. The Hall–Kier alpha value is -2.56. The van der Waals surface area contributed by atoms with Gasteiger partial charge in [-0.15, -0.1) is 0 Å². The molecular weight excluding hydrogens is 338 g/mol. The fourth-order valence-electron chi connectivity index (χ4n) is 2.83. The second-order valence-electron chi connectivity index (χ2n) is 5.52. The van der Waals surface area contributed by atoms with Crippen molar-refractivity contribution in [3.8, 4) is 11.5 Å². The van der Waals surface area contributed by atoms with Crippen molar-refractivity contribution in [2.24, 2.45) is 0 Å². The Bertz CT molecular complexity index is 835. The van der Waals surface area contributed by atoms with Gasteiger partial charge in [0.1, 0.15) is 22.3 Å². The SMILES string of the molecule is COc1cccc(C(O)(c2cccc(OC)c2)c2cccnc2Cl)c1. The molecule has 0 spiro atoms. The molecule has 4 nitrogen and oxygen atoms in total. The van der Waals surface area contributed by atoms with Crippen molar-refractivity contribution >= 4 is 11.6 Å². The molecule has 1 N–H and O–H groups in total. The molecule has 0 aliphatic heterocycles. The fourth-order valence-corrected chi connectivity index (χ4v) is 3.09. The minimum absolute atomic E-state index is 0.232. The Morgan fingerprint density at radius 3 is 1.92 bits per heavy atom. The second-order valence-corrected chi connectivity index (χ2v) is 5.87. The molecule has 128 valence electrons. The van der Waals surface area contributed by atoms with Crippen LogP contribution in [0.1, 0.15) is 16.7 Å². The average Bonchev–Trinajstić information content (AvgIpc) is 2.68. The maximum Gasteiger partial charge on any atom is 0.143 e. The molecule has 0 radical (unpaired) electrons. The lowest BCUT2D eigenvalue weighted by Gasteiger charge is -2.31. The van der Waals surface area contributed by atoms with Gasteiger partial charge >= 0.3 is 0 Å². The third-order valence-corrected chi connectivity index (χ3v) is 4.43. The summed E-state index contributed by atoms with van der Waals surface area (Å²) in [5.41, 5.74) is 0.220. The van der Waals surface area contributed by atoms with Gasteiger partial charge in [0.05, 0.1) is 14.2 Å². The number of rotatable bonds is 5. The molecule has 0 saturated heterocycles. The van der Waals surface area contributed by atoms with Gasteiger partial charge < -0.3 is 14.6 Å². The molecule has 0 bridgehead atoms. The number of aromatic nitrogens is 1. The number of hydrogen-bond donors (Lipinski definition) is 1. The molecule has 0 unspecified atom stereocenters. The van der Waals surface area contributed by atoms with E-state index in [0.29, 0.717) is 28.2 Å². The van der Waals surface area contributed by atoms with Gasteiger partial charge in [-0.05, 0) is 41.5 Å². The zero-order chi connectivity index (χ0) is 17.9. The molecule has 25 heavy (non-hydrogen) atoms. The molecule has 1 aromatic heterocycles. The summed E-state index contributed by atoms with van der Waals surface area (Å²) in [4.78, 5) is 4.12. The molecule has 0 fully saturated rings. The van der Waals surface area contributed by atoms with Crippen LogP contribution in [-0.4, -0.2) is 24.3 Å². The minimum Gasteiger partial charge on any atom is -0.497 e. The Kier molecular flexibility index (Phi) is 4.93. The zero-order valence-electron chi connectivity index (χ0n) is 13.9.